The molecule has 0 bridgehead atoms. The predicted molar refractivity (Wildman–Crippen MR) is 90.9 cm³/mol. The van der Waals surface area contributed by atoms with E-state index in [-0.39, 0.29) is 0 Å². The minimum Gasteiger partial charge on any atom is -0.481 e. The maximum atomic E-state index is 11.3. The van der Waals surface area contributed by atoms with Gasteiger partial charge in [-0.2, -0.15) is 0 Å². The zero-order valence-electron chi connectivity index (χ0n) is 12.0. The van der Waals surface area contributed by atoms with E-state index in [9.17, 15) is 9.90 Å². The molecule has 0 saturated carbocycles. The molecular formula is C18H14BrNO2. The smallest absolute Gasteiger partial charge is 0.310 e. The van der Waals surface area contributed by atoms with Crippen LogP contribution in [0, 0.1) is 0 Å². The molecule has 1 N–H and O–H groups in total. The fraction of sp³-hybridized carbons (Fsp3) is 0.111. The van der Waals surface area contributed by atoms with Crippen LogP contribution in [0.2, 0.25) is 0 Å². The average Bonchev–Trinajstić information content (AvgIpc) is 2.54. The lowest BCUT2D eigenvalue weighted by atomic mass is 9.93. The second-order valence-electron chi connectivity index (χ2n) is 5.17. The minimum absolute atomic E-state index is 0.552. The summed E-state index contributed by atoms with van der Waals surface area (Å²) in [4.78, 5) is 15.8. The summed E-state index contributed by atoms with van der Waals surface area (Å²) in [5, 5.41) is 11.2. The van der Waals surface area contributed by atoms with Crippen LogP contribution in [-0.2, 0) is 4.79 Å². The van der Waals surface area contributed by atoms with Gasteiger partial charge in [0.05, 0.1) is 11.6 Å². The van der Waals surface area contributed by atoms with Gasteiger partial charge in [-0.3, -0.25) is 9.78 Å². The van der Waals surface area contributed by atoms with Gasteiger partial charge in [-0.15, -0.1) is 0 Å². The Morgan fingerprint density at radius 3 is 2.50 bits per heavy atom. The standard InChI is InChI=1S/C18H14BrNO2/c1-11(18(21)22)14-3-2-4-16-15(14)9-10-20-17(16)12-5-7-13(19)8-6-12/h2-11H,1H3,(H,21,22). The Morgan fingerprint density at radius 2 is 1.82 bits per heavy atom. The molecular weight excluding hydrogens is 342 g/mol. The summed E-state index contributed by atoms with van der Waals surface area (Å²) in [6, 6.07) is 15.6. The third-order valence-corrected chi connectivity index (χ3v) is 4.32. The van der Waals surface area contributed by atoms with Crippen molar-refractivity contribution in [3.63, 3.8) is 0 Å². The van der Waals surface area contributed by atoms with Gasteiger partial charge in [0.1, 0.15) is 0 Å². The number of carbonyl (C=O) groups is 1. The van der Waals surface area contributed by atoms with E-state index in [2.05, 4.69) is 20.9 Å². The Kier molecular flexibility index (Phi) is 3.94. The Morgan fingerprint density at radius 1 is 1.09 bits per heavy atom. The first-order valence-electron chi connectivity index (χ1n) is 6.94. The molecule has 0 saturated heterocycles. The second-order valence-corrected chi connectivity index (χ2v) is 6.08. The summed E-state index contributed by atoms with van der Waals surface area (Å²) in [6.45, 7) is 1.71. The van der Waals surface area contributed by atoms with E-state index in [0.29, 0.717) is 0 Å². The molecule has 22 heavy (non-hydrogen) atoms. The lowest BCUT2D eigenvalue weighted by Crippen LogP contribution is -2.08. The fourth-order valence-corrected chi connectivity index (χ4v) is 2.84. The molecule has 0 aliphatic rings. The SMILES string of the molecule is CC(C(=O)O)c1cccc2c(-c3ccc(Br)cc3)nccc12. The molecule has 0 aliphatic carbocycles. The van der Waals surface area contributed by atoms with E-state index >= 15 is 0 Å². The van der Waals surface area contributed by atoms with E-state index in [1.807, 2.05) is 48.5 Å². The molecule has 0 fully saturated rings. The number of hydrogen-bond donors (Lipinski definition) is 1. The van der Waals surface area contributed by atoms with Crippen LogP contribution in [0.3, 0.4) is 0 Å². The number of fused-ring (bicyclic) bond motifs is 1. The molecule has 1 heterocycles. The van der Waals surface area contributed by atoms with E-state index in [4.69, 9.17) is 0 Å². The Balaban J connectivity index is 2.24. The van der Waals surface area contributed by atoms with E-state index in [0.717, 1.165) is 32.1 Å². The molecule has 2 aromatic carbocycles. The van der Waals surface area contributed by atoms with Crippen molar-refractivity contribution in [2.24, 2.45) is 0 Å². The summed E-state index contributed by atoms with van der Waals surface area (Å²) < 4.78 is 1.01. The Bertz CT molecular complexity index is 843. The van der Waals surface area contributed by atoms with Gasteiger partial charge >= 0.3 is 5.97 Å². The van der Waals surface area contributed by atoms with Crippen molar-refractivity contribution in [2.75, 3.05) is 0 Å². The van der Waals surface area contributed by atoms with Gasteiger partial charge in [0.25, 0.3) is 0 Å². The molecule has 4 heteroatoms. The highest BCUT2D eigenvalue weighted by atomic mass is 79.9. The molecule has 3 nitrogen and oxygen atoms in total. The molecule has 0 aliphatic heterocycles. The fourth-order valence-electron chi connectivity index (χ4n) is 2.58. The molecule has 110 valence electrons. The molecule has 0 spiro atoms. The number of pyridine rings is 1. The normalized spacial score (nSPS) is 12.3. The van der Waals surface area contributed by atoms with Crippen LogP contribution < -0.4 is 0 Å². The molecule has 0 radical (unpaired) electrons. The van der Waals surface area contributed by atoms with Gasteiger partial charge < -0.3 is 5.11 Å². The third-order valence-electron chi connectivity index (χ3n) is 3.79. The number of halogens is 1. The van der Waals surface area contributed by atoms with Crippen molar-refractivity contribution in [3.05, 3.63) is 64.8 Å². The van der Waals surface area contributed by atoms with Crippen LogP contribution in [0.25, 0.3) is 22.0 Å². The predicted octanol–water partition coefficient (Wildman–Crippen LogP) is 4.85. The number of rotatable bonds is 3. The van der Waals surface area contributed by atoms with Crippen molar-refractivity contribution in [2.45, 2.75) is 12.8 Å². The van der Waals surface area contributed by atoms with Crippen molar-refractivity contribution < 1.29 is 9.90 Å². The number of aliphatic carboxylic acids is 1. The van der Waals surface area contributed by atoms with Crippen LogP contribution in [0.1, 0.15) is 18.4 Å². The van der Waals surface area contributed by atoms with E-state index < -0.39 is 11.9 Å². The van der Waals surface area contributed by atoms with Gasteiger partial charge in [0.15, 0.2) is 0 Å². The first-order valence-corrected chi connectivity index (χ1v) is 7.73. The highest BCUT2D eigenvalue weighted by Crippen LogP contribution is 2.32. The Hall–Kier alpha value is -2.20. The van der Waals surface area contributed by atoms with Gasteiger partial charge in [-0.1, -0.05) is 46.3 Å². The zero-order valence-corrected chi connectivity index (χ0v) is 13.5. The van der Waals surface area contributed by atoms with Gasteiger partial charge in [-0.25, -0.2) is 0 Å². The minimum atomic E-state index is -0.825. The highest BCUT2D eigenvalue weighted by molar-refractivity contribution is 9.10. The molecule has 1 atom stereocenters. The summed E-state index contributed by atoms with van der Waals surface area (Å²) in [6.07, 6.45) is 1.73. The first kappa shape index (κ1) is 14.7. The second kappa shape index (κ2) is 5.89. The monoisotopic (exact) mass is 355 g/mol. The van der Waals surface area contributed by atoms with Crippen LogP contribution in [0.5, 0.6) is 0 Å². The van der Waals surface area contributed by atoms with Gasteiger partial charge in [-0.05, 0) is 36.1 Å². The van der Waals surface area contributed by atoms with Crippen molar-refractivity contribution in [1.82, 2.24) is 4.98 Å². The van der Waals surface area contributed by atoms with E-state index in [1.165, 1.54) is 0 Å². The topological polar surface area (TPSA) is 50.2 Å². The summed E-state index contributed by atoms with van der Waals surface area (Å²) in [5.41, 5.74) is 2.68. The molecule has 0 amide bonds. The van der Waals surface area contributed by atoms with Crippen molar-refractivity contribution in [1.29, 1.82) is 0 Å². The Labute approximate surface area is 136 Å². The number of nitrogens with zero attached hydrogens (tertiary/aromatic N) is 1. The van der Waals surface area contributed by atoms with Gasteiger partial charge in [0.2, 0.25) is 0 Å². The number of benzene rings is 2. The molecule has 1 aromatic heterocycles. The van der Waals surface area contributed by atoms with Crippen LogP contribution >= 0.6 is 15.9 Å². The lowest BCUT2D eigenvalue weighted by molar-refractivity contribution is -0.138. The zero-order chi connectivity index (χ0) is 15.7. The number of carboxylic acids is 1. The number of aromatic nitrogens is 1. The summed E-state index contributed by atoms with van der Waals surface area (Å²) in [5.74, 6) is -1.38. The van der Waals surface area contributed by atoms with Crippen LogP contribution in [-0.4, -0.2) is 16.1 Å². The van der Waals surface area contributed by atoms with Crippen molar-refractivity contribution >= 4 is 32.7 Å². The molecule has 1 unspecified atom stereocenters. The number of carboxylic acid groups (broad SMARTS) is 1. The summed E-state index contributed by atoms with van der Waals surface area (Å²) in [7, 11) is 0. The van der Waals surface area contributed by atoms with E-state index in [1.54, 1.807) is 13.1 Å². The van der Waals surface area contributed by atoms with Gasteiger partial charge in [0, 0.05) is 21.6 Å². The molecule has 3 aromatic rings. The average molecular weight is 356 g/mol. The lowest BCUT2D eigenvalue weighted by Gasteiger charge is -2.13. The van der Waals surface area contributed by atoms with Crippen molar-refractivity contribution in [3.8, 4) is 11.3 Å². The maximum absolute atomic E-state index is 11.3. The highest BCUT2D eigenvalue weighted by Gasteiger charge is 2.17. The van der Waals surface area contributed by atoms with Crippen LogP contribution in [0.15, 0.2) is 59.2 Å². The largest absolute Gasteiger partial charge is 0.481 e. The quantitative estimate of drug-likeness (QED) is 0.730. The van der Waals surface area contributed by atoms with Crippen LogP contribution in [0.4, 0.5) is 0 Å². The summed E-state index contributed by atoms with van der Waals surface area (Å²) >= 11 is 3.43. The first-order chi connectivity index (χ1) is 10.6. The maximum Gasteiger partial charge on any atom is 0.310 e. The molecule has 3 rings (SSSR count). The number of hydrogen-bond acceptors (Lipinski definition) is 2. The third kappa shape index (κ3) is 2.62.